The van der Waals surface area contributed by atoms with Crippen molar-refractivity contribution >= 4 is 27.7 Å². The number of halogens is 1. The molecule has 2 N–H and O–H groups in total. The predicted molar refractivity (Wildman–Crippen MR) is 74.3 cm³/mol. The number of morpholine rings is 1. The van der Waals surface area contributed by atoms with E-state index in [1.165, 1.54) is 0 Å². The maximum absolute atomic E-state index is 5.94. The lowest BCUT2D eigenvalue weighted by Crippen LogP contribution is -2.37. The Kier molecular flexibility index (Phi) is 3.34. The van der Waals surface area contributed by atoms with E-state index in [9.17, 15) is 0 Å². The van der Waals surface area contributed by atoms with E-state index < -0.39 is 0 Å². The summed E-state index contributed by atoms with van der Waals surface area (Å²) in [6, 6.07) is 1.83. The van der Waals surface area contributed by atoms with E-state index in [0.29, 0.717) is 35.3 Å². The highest BCUT2D eigenvalue weighted by atomic mass is 79.9. The van der Waals surface area contributed by atoms with E-state index in [-0.39, 0.29) is 0 Å². The predicted octanol–water partition coefficient (Wildman–Crippen LogP) is 0.844. The standard InChI is InChI=1S/C11H13BrN6O/c12-8-9(13)15-11(17-4-6-19-7-5-17)16-10(8)18-3-1-2-14-18/h1-3H,4-7H2,(H2,13,15,16). The largest absolute Gasteiger partial charge is 0.383 e. The van der Waals surface area contributed by atoms with Crippen molar-refractivity contribution in [3.05, 3.63) is 22.9 Å². The highest BCUT2D eigenvalue weighted by molar-refractivity contribution is 9.10. The zero-order valence-electron chi connectivity index (χ0n) is 10.2. The number of hydrogen-bond acceptors (Lipinski definition) is 6. The van der Waals surface area contributed by atoms with Gasteiger partial charge in [0, 0.05) is 25.5 Å². The molecule has 1 fully saturated rings. The van der Waals surface area contributed by atoms with Crippen molar-refractivity contribution in [1.29, 1.82) is 0 Å². The summed E-state index contributed by atoms with van der Waals surface area (Å²) < 4.78 is 7.63. The van der Waals surface area contributed by atoms with E-state index >= 15 is 0 Å². The molecule has 0 radical (unpaired) electrons. The molecule has 1 aliphatic heterocycles. The lowest BCUT2D eigenvalue weighted by atomic mass is 10.4. The van der Waals surface area contributed by atoms with Gasteiger partial charge in [0.1, 0.15) is 10.3 Å². The Morgan fingerprint density at radius 3 is 2.74 bits per heavy atom. The lowest BCUT2D eigenvalue weighted by molar-refractivity contribution is 0.122. The molecule has 8 heteroatoms. The number of hydrogen-bond donors (Lipinski definition) is 1. The summed E-state index contributed by atoms with van der Waals surface area (Å²) >= 11 is 3.41. The van der Waals surface area contributed by atoms with Gasteiger partial charge in [-0.25, -0.2) is 4.68 Å². The van der Waals surface area contributed by atoms with Gasteiger partial charge in [-0.15, -0.1) is 0 Å². The van der Waals surface area contributed by atoms with Gasteiger partial charge in [-0.05, 0) is 22.0 Å². The van der Waals surface area contributed by atoms with Crippen LogP contribution in [-0.4, -0.2) is 46.1 Å². The number of nitrogens with zero attached hydrogens (tertiary/aromatic N) is 5. The molecule has 3 heterocycles. The molecule has 19 heavy (non-hydrogen) atoms. The quantitative estimate of drug-likeness (QED) is 0.881. The Morgan fingerprint density at radius 2 is 2.05 bits per heavy atom. The Morgan fingerprint density at radius 1 is 1.26 bits per heavy atom. The smallest absolute Gasteiger partial charge is 0.229 e. The molecule has 1 aliphatic rings. The number of aromatic nitrogens is 4. The first-order valence-corrected chi connectivity index (χ1v) is 6.71. The van der Waals surface area contributed by atoms with Gasteiger partial charge in [0.2, 0.25) is 5.95 Å². The van der Waals surface area contributed by atoms with Crippen molar-refractivity contribution in [2.24, 2.45) is 0 Å². The van der Waals surface area contributed by atoms with Gasteiger partial charge in [0.15, 0.2) is 5.82 Å². The molecule has 1 saturated heterocycles. The summed E-state index contributed by atoms with van der Waals surface area (Å²) in [5.74, 6) is 1.65. The molecule has 7 nitrogen and oxygen atoms in total. The number of nitrogen functional groups attached to an aromatic ring is 1. The zero-order chi connectivity index (χ0) is 13.2. The molecule has 0 unspecified atom stereocenters. The first kappa shape index (κ1) is 12.4. The van der Waals surface area contributed by atoms with Gasteiger partial charge in [0.05, 0.1) is 13.2 Å². The first-order chi connectivity index (χ1) is 9.25. The highest BCUT2D eigenvalue weighted by Crippen LogP contribution is 2.26. The number of ether oxygens (including phenoxy) is 1. The Bertz CT molecular complexity index is 567. The third kappa shape index (κ3) is 2.41. The van der Waals surface area contributed by atoms with Gasteiger partial charge >= 0.3 is 0 Å². The summed E-state index contributed by atoms with van der Waals surface area (Å²) in [5.41, 5.74) is 5.94. The van der Waals surface area contributed by atoms with E-state index in [1.807, 2.05) is 12.3 Å². The minimum absolute atomic E-state index is 0.405. The normalized spacial score (nSPS) is 15.7. The van der Waals surface area contributed by atoms with E-state index in [0.717, 1.165) is 13.1 Å². The third-order valence-corrected chi connectivity index (χ3v) is 3.62. The molecule has 0 aliphatic carbocycles. The van der Waals surface area contributed by atoms with Crippen molar-refractivity contribution in [1.82, 2.24) is 19.7 Å². The van der Waals surface area contributed by atoms with Crippen molar-refractivity contribution in [2.45, 2.75) is 0 Å². The van der Waals surface area contributed by atoms with E-state index in [1.54, 1.807) is 10.9 Å². The van der Waals surface area contributed by atoms with Crippen LogP contribution in [0.5, 0.6) is 0 Å². The topological polar surface area (TPSA) is 82.1 Å². The molecule has 2 aromatic rings. The molecule has 2 aromatic heterocycles. The maximum Gasteiger partial charge on any atom is 0.229 e. The summed E-state index contributed by atoms with van der Waals surface area (Å²) in [6.07, 6.45) is 3.51. The van der Waals surface area contributed by atoms with Crippen LogP contribution in [-0.2, 0) is 4.74 Å². The van der Waals surface area contributed by atoms with Crippen LogP contribution >= 0.6 is 15.9 Å². The van der Waals surface area contributed by atoms with Crippen molar-refractivity contribution in [3.8, 4) is 5.82 Å². The summed E-state index contributed by atoms with van der Waals surface area (Å²) in [5, 5.41) is 4.17. The van der Waals surface area contributed by atoms with Crippen LogP contribution in [0.2, 0.25) is 0 Å². The second-order valence-electron chi connectivity index (χ2n) is 4.10. The second kappa shape index (κ2) is 5.14. The Balaban J connectivity index is 2.02. The summed E-state index contributed by atoms with van der Waals surface area (Å²) in [4.78, 5) is 10.9. The molecule has 100 valence electrons. The molecule has 0 saturated carbocycles. The molecule has 0 spiro atoms. The van der Waals surface area contributed by atoms with Crippen molar-refractivity contribution < 1.29 is 4.74 Å². The van der Waals surface area contributed by atoms with E-state index in [2.05, 4.69) is 35.9 Å². The number of rotatable bonds is 2. The van der Waals surface area contributed by atoms with Crippen LogP contribution < -0.4 is 10.6 Å². The van der Waals surface area contributed by atoms with Crippen molar-refractivity contribution in [2.75, 3.05) is 36.9 Å². The van der Waals surface area contributed by atoms with Gasteiger partial charge in [0.25, 0.3) is 0 Å². The fraction of sp³-hybridized carbons (Fsp3) is 0.364. The number of anilines is 2. The fourth-order valence-electron chi connectivity index (χ4n) is 1.89. The Labute approximate surface area is 118 Å². The SMILES string of the molecule is Nc1nc(N2CCOCC2)nc(-n2cccn2)c1Br. The summed E-state index contributed by atoms with van der Waals surface area (Å²) in [6.45, 7) is 2.88. The molecular formula is C11H13BrN6O. The maximum atomic E-state index is 5.94. The van der Waals surface area contributed by atoms with Crippen LogP contribution in [0.25, 0.3) is 5.82 Å². The van der Waals surface area contributed by atoms with Crippen LogP contribution in [0.3, 0.4) is 0 Å². The fourth-order valence-corrected chi connectivity index (χ4v) is 2.25. The van der Waals surface area contributed by atoms with Gasteiger partial charge in [-0.1, -0.05) is 0 Å². The minimum atomic E-state index is 0.405. The van der Waals surface area contributed by atoms with Crippen LogP contribution in [0.1, 0.15) is 0 Å². The Hall–Kier alpha value is -1.67. The van der Waals surface area contributed by atoms with Crippen LogP contribution in [0.4, 0.5) is 11.8 Å². The van der Waals surface area contributed by atoms with Crippen LogP contribution in [0.15, 0.2) is 22.9 Å². The third-order valence-electron chi connectivity index (χ3n) is 2.86. The summed E-state index contributed by atoms with van der Waals surface area (Å²) in [7, 11) is 0. The van der Waals surface area contributed by atoms with Crippen molar-refractivity contribution in [3.63, 3.8) is 0 Å². The molecule has 0 atom stereocenters. The zero-order valence-corrected chi connectivity index (χ0v) is 11.7. The molecule has 0 aromatic carbocycles. The molecular weight excluding hydrogens is 312 g/mol. The lowest BCUT2D eigenvalue weighted by Gasteiger charge is -2.27. The average Bonchev–Trinajstić information content (AvgIpc) is 2.96. The van der Waals surface area contributed by atoms with Crippen LogP contribution in [0, 0.1) is 0 Å². The highest BCUT2D eigenvalue weighted by Gasteiger charge is 2.18. The first-order valence-electron chi connectivity index (χ1n) is 5.91. The van der Waals surface area contributed by atoms with Gasteiger partial charge in [-0.2, -0.15) is 15.1 Å². The van der Waals surface area contributed by atoms with E-state index in [4.69, 9.17) is 10.5 Å². The van der Waals surface area contributed by atoms with Gasteiger partial charge < -0.3 is 15.4 Å². The molecule has 3 rings (SSSR count). The van der Waals surface area contributed by atoms with Gasteiger partial charge in [-0.3, -0.25) is 0 Å². The average molecular weight is 325 g/mol. The molecule has 0 amide bonds. The number of nitrogens with two attached hydrogens (primary N) is 1. The minimum Gasteiger partial charge on any atom is -0.383 e. The second-order valence-corrected chi connectivity index (χ2v) is 4.89. The molecule has 0 bridgehead atoms. The monoisotopic (exact) mass is 324 g/mol.